The molecule has 320 valence electrons. The van der Waals surface area contributed by atoms with Crippen molar-refractivity contribution in [3.63, 3.8) is 0 Å². The van der Waals surface area contributed by atoms with Crippen molar-refractivity contribution in [3.8, 4) is 33.4 Å². The zero-order chi connectivity index (χ0) is 45.0. The first kappa shape index (κ1) is 39.6. The van der Waals surface area contributed by atoms with E-state index in [9.17, 15) is 0 Å². The van der Waals surface area contributed by atoms with E-state index in [0.717, 1.165) is 78.3 Å². The van der Waals surface area contributed by atoms with Gasteiger partial charge in [0.2, 0.25) is 0 Å². The summed E-state index contributed by atoms with van der Waals surface area (Å²) >= 11 is 1.85. The van der Waals surface area contributed by atoms with Crippen LogP contribution in [0.5, 0.6) is 0 Å². The van der Waals surface area contributed by atoms with E-state index >= 15 is 0 Å². The molecule has 0 unspecified atom stereocenters. The Balaban J connectivity index is 1.05. The summed E-state index contributed by atoms with van der Waals surface area (Å²) in [5, 5.41) is 7.06. The third-order valence-electron chi connectivity index (χ3n) is 13.3. The minimum Gasteiger partial charge on any atom is -0.456 e. The fraction of sp³-hybridized carbons (Fsp3) is 0. The molecule has 2 aromatic heterocycles. The summed E-state index contributed by atoms with van der Waals surface area (Å²) in [6, 6.07) is 92.0. The number of hydrogen-bond acceptors (Lipinski definition) is 4. The van der Waals surface area contributed by atoms with E-state index in [2.05, 4.69) is 259 Å². The molecule has 0 spiro atoms. The molecule has 0 aliphatic heterocycles. The van der Waals surface area contributed by atoms with Crippen LogP contribution in [-0.4, -0.2) is 0 Å². The lowest BCUT2D eigenvalue weighted by molar-refractivity contribution is 0.669. The average Bonchev–Trinajstić information content (AvgIpc) is 3.99. The number of hydrogen-bond donors (Lipinski definition) is 0. The summed E-state index contributed by atoms with van der Waals surface area (Å²) in [5.74, 6) is 0. The van der Waals surface area contributed by atoms with Gasteiger partial charge in [0.15, 0.2) is 0 Å². The SMILES string of the molecule is c1ccc(-c2ccccc2N(c2ccccc2-c2cccc(N(c3cccc4c3sc3ccccc34)c3cccc4oc5ccccc5c34)c2)c2ccc(-c3ccccc3)c3ccccc23)cc1. The monoisotopic (exact) mass is 886 g/mol. The highest BCUT2D eigenvalue weighted by Gasteiger charge is 2.26. The van der Waals surface area contributed by atoms with E-state index in [4.69, 9.17) is 4.42 Å². The highest BCUT2D eigenvalue weighted by Crippen LogP contribution is 2.51. The lowest BCUT2D eigenvalue weighted by Crippen LogP contribution is -2.13. The molecule has 3 nitrogen and oxygen atoms in total. The predicted octanol–water partition coefficient (Wildman–Crippen LogP) is 19.0. The third kappa shape index (κ3) is 6.65. The second kappa shape index (κ2) is 16.6. The highest BCUT2D eigenvalue weighted by molar-refractivity contribution is 7.26. The highest BCUT2D eigenvalue weighted by atomic mass is 32.1. The Labute approximate surface area is 398 Å². The molecule has 0 fully saturated rings. The van der Waals surface area contributed by atoms with Gasteiger partial charge in [-0.2, -0.15) is 0 Å². The first-order valence-corrected chi connectivity index (χ1v) is 23.9. The van der Waals surface area contributed by atoms with Crippen molar-refractivity contribution in [2.75, 3.05) is 9.80 Å². The van der Waals surface area contributed by atoms with Crippen molar-refractivity contribution >= 4 is 98.3 Å². The van der Waals surface area contributed by atoms with Crippen molar-refractivity contribution in [1.29, 1.82) is 0 Å². The lowest BCUT2D eigenvalue weighted by Gasteiger charge is -2.31. The van der Waals surface area contributed by atoms with Crippen LogP contribution >= 0.6 is 11.3 Å². The first-order valence-electron chi connectivity index (χ1n) is 23.1. The van der Waals surface area contributed by atoms with Crippen molar-refractivity contribution in [2.24, 2.45) is 0 Å². The molecule has 11 aromatic carbocycles. The first-order chi connectivity index (χ1) is 33.8. The summed E-state index contributed by atoms with van der Waals surface area (Å²) < 4.78 is 9.05. The van der Waals surface area contributed by atoms with E-state index in [-0.39, 0.29) is 0 Å². The molecule has 2 heterocycles. The quantitative estimate of drug-likeness (QED) is 0.144. The van der Waals surface area contributed by atoms with Crippen LogP contribution in [0, 0.1) is 0 Å². The van der Waals surface area contributed by atoms with Crippen molar-refractivity contribution in [1.82, 2.24) is 0 Å². The molecule has 4 heteroatoms. The van der Waals surface area contributed by atoms with Gasteiger partial charge in [0.1, 0.15) is 11.2 Å². The molecule has 0 saturated carbocycles. The normalized spacial score (nSPS) is 11.5. The Morgan fingerprint density at radius 1 is 0.294 bits per heavy atom. The standard InChI is InChI=1S/C64H42N2OS/c1-3-20-43(21-4-1)47-40-41-57(51-29-8-7-28-50(47)51)66(55-33-13-9-26-48(55)44-22-5-2-6-23-44)56-34-14-10-27-49(56)45-24-17-25-46(42-45)65(58-35-19-38-61-63(58)54-31-11-15-37-60(54)67-61)59-36-18-32-53-52-30-12-16-39-62(52)68-64(53)59/h1-42H. The van der Waals surface area contributed by atoms with Crippen LogP contribution in [0.4, 0.5) is 34.1 Å². The van der Waals surface area contributed by atoms with Crippen LogP contribution in [0.3, 0.4) is 0 Å². The van der Waals surface area contributed by atoms with Crippen LogP contribution < -0.4 is 9.80 Å². The maximum Gasteiger partial charge on any atom is 0.137 e. The van der Waals surface area contributed by atoms with Gasteiger partial charge >= 0.3 is 0 Å². The molecule has 0 N–H and O–H groups in total. The van der Waals surface area contributed by atoms with E-state index < -0.39 is 0 Å². The number of nitrogens with zero attached hydrogens (tertiary/aromatic N) is 2. The molecule has 0 aliphatic rings. The van der Waals surface area contributed by atoms with Gasteiger partial charge in [0.05, 0.1) is 38.5 Å². The summed E-state index contributed by atoms with van der Waals surface area (Å²) in [7, 11) is 0. The molecule has 68 heavy (non-hydrogen) atoms. The van der Waals surface area contributed by atoms with Gasteiger partial charge in [0, 0.05) is 43.1 Å². The van der Waals surface area contributed by atoms with Gasteiger partial charge in [-0.15, -0.1) is 11.3 Å². The van der Waals surface area contributed by atoms with Gasteiger partial charge in [-0.25, -0.2) is 0 Å². The largest absolute Gasteiger partial charge is 0.456 e. The fourth-order valence-electron chi connectivity index (χ4n) is 10.3. The molecule has 0 amide bonds. The Kier molecular flexibility index (Phi) is 9.69. The smallest absolute Gasteiger partial charge is 0.137 e. The van der Waals surface area contributed by atoms with Crippen molar-refractivity contribution in [3.05, 3.63) is 255 Å². The van der Waals surface area contributed by atoms with E-state index in [1.165, 1.54) is 42.1 Å². The van der Waals surface area contributed by atoms with Gasteiger partial charge in [0.25, 0.3) is 0 Å². The van der Waals surface area contributed by atoms with Gasteiger partial charge < -0.3 is 14.2 Å². The summed E-state index contributed by atoms with van der Waals surface area (Å²) in [4.78, 5) is 4.93. The van der Waals surface area contributed by atoms with Crippen LogP contribution in [-0.2, 0) is 0 Å². The molecular formula is C64H42N2OS. The Morgan fingerprint density at radius 2 is 0.824 bits per heavy atom. The Hall–Kier alpha value is -8.70. The molecule has 13 rings (SSSR count). The zero-order valence-electron chi connectivity index (χ0n) is 37.0. The van der Waals surface area contributed by atoms with Crippen LogP contribution in [0.1, 0.15) is 0 Å². The number of thiophene rings is 1. The Bertz CT molecular complexity index is 4000. The maximum absolute atomic E-state index is 6.54. The number of benzene rings is 11. The number of rotatable bonds is 9. The minimum atomic E-state index is 0.858. The summed E-state index contributed by atoms with van der Waals surface area (Å²) in [5.41, 5.74) is 15.1. The maximum atomic E-state index is 6.54. The molecule has 0 atom stereocenters. The Morgan fingerprint density at radius 3 is 1.60 bits per heavy atom. The second-order valence-electron chi connectivity index (χ2n) is 17.2. The third-order valence-corrected chi connectivity index (χ3v) is 14.5. The molecule has 0 saturated heterocycles. The van der Waals surface area contributed by atoms with E-state index in [1.807, 2.05) is 17.4 Å². The number of furan rings is 1. The predicted molar refractivity (Wildman–Crippen MR) is 290 cm³/mol. The van der Waals surface area contributed by atoms with Crippen LogP contribution in [0.15, 0.2) is 259 Å². The van der Waals surface area contributed by atoms with Gasteiger partial charge in [-0.05, 0) is 88.3 Å². The molecule has 0 radical (unpaired) electrons. The van der Waals surface area contributed by atoms with Crippen molar-refractivity contribution in [2.45, 2.75) is 0 Å². The summed E-state index contributed by atoms with van der Waals surface area (Å²) in [6.45, 7) is 0. The molecular weight excluding hydrogens is 845 g/mol. The molecule has 0 bridgehead atoms. The van der Waals surface area contributed by atoms with Crippen LogP contribution in [0.2, 0.25) is 0 Å². The van der Waals surface area contributed by atoms with E-state index in [1.54, 1.807) is 0 Å². The number of anilines is 6. The topological polar surface area (TPSA) is 19.6 Å². The molecule has 0 aliphatic carbocycles. The van der Waals surface area contributed by atoms with E-state index in [0.29, 0.717) is 0 Å². The lowest BCUT2D eigenvalue weighted by atomic mass is 9.94. The molecule has 13 aromatic rings. The second-order valence-corrected chi connectivity index (χ2v) is 18.2. The average molecular weight is 887 g/mol. The van der Waals surface area contributed by atoms with Gasteiger partial charge in [-0.1, -0.05) is 194 Å². The van der Waals surface area contributed by atoms with Gasteiger partial charge in [-0.3, -0.25) is 0 Å². The van der Waals surface area contributed by atoms with Crippen LogP contribution in [0.25, 0.3) is 86.3 Å². The minimum absolute atomic E-state index is 0.858. The van der Waals surface area contributed by atoms with Crippen molar-refractivity contribution < 1.29 is 4.42 Å². The summed E-state index contributed by atoms with van der Waals surface area (Å²) in [6.07, 6.45) is 0. The number of para-hydroxylation sites is 3. The fourth-order valence-corrected chi connectivity index (χ4v) is 11.5. The zero-order valence-corrected chi connectivity index (χ0v) is 37.8. The number of fused-ring (bicyclic) bond motifs is 7.